The Morgan fingerprint density at radius 2 is 2.33 bits per heavy atom. The highest BCUT2D eigenvalue weighted by atomic mass is 32.2. The van der Waals surface area contributed by atoms with E-state index in [1.165, 1.54) is 13.0 Å². The summed E-state index contributed by atoms with van der Waals surface area (Å²) in [6.45, 7) is 1.34. The highest BCUT2D eigenvalue weighted by Gasteiger charge is 2.18. The lowest BCUT2D eigenvalue weighted by Gasteiger charge is -2.07. The molecule has 0 aliphatic carbocycles. The number of rotatable bonds is 5. The number of carboxylic acid groups (broad SMARTS) is 1. The molecule has 0 aliphatic heterocycles. The Bertz CT molecular complexity index is 424. The summed E-state index contributed by atoms with van der Waals surface area (Å²) >= 11 is 1.09. The molecule has 0 saturated carbocycles. The van der Waals surface area contributed by atoms with Crippen molar-refractivity contribution < 1.29 is 18.3 Å². The third-order valence-corrected chi connectivity index (χ3v) is 4.58. The van der Waals surface area contributed by atoms with Crippen molar-refractivity contribution in [3.05, 3.63) is 17.5 Å². The van der Waals surface area contributed by atoms with Crippen molar-refractivity contribution in [3.8, 4) is 0 Å². The van der Waals surface area contributed by atoms with E-state index in [0.29, 0.717) is 0 Å². The molecule has 0 fully saturated rings. The number of nitrogens with one attached hydrogen (secondary N) is 1. The third kappa shape index (κ3) is 3.29. The summed E-state index contributed by atoms with van der Waals surface area (Å²) in [6, 6.07) is 3.10. The molecule has 1 aromatic rings. The zero-order chi connectivity index (χ0) is 11.5. The molecular weight excluding hydrogens is 238 g/mol. The molecule has 0 aliphatic rings. The maximum absolute atomic E-state index is 11.5. The number of carboxylic acids is 1. The Hall–Kier alpha value is -0.920. The van der Waals surface area contributed by atoms with E-state index >= 15 is 0 Å². The number of carbonyl (C=O) groups is 1. The van der Waals surface area contributed by atoms with Crippen LogP contribution in [0.4, 0.5) is 0 Å². The molecule has 1 heterocycles. The molecule has 2 N–H and O–H groups in total. The molecule has 1 atom stereocenters. The molecule has 0 saturated heterocycles. The summed E-state index contributed by atoms with van der Waals surface area (Å²) < 4.78 is 25.5. The topological polar surface area (TPSA) is 83.5 Å². The average molecular weight is 249 g/mol. The quantitative estimate of drug-likeness (QED) is 0.806. The summed E-state index contributed by atoms with van der Waals surface area (Å²) in [5.74, 6) is -1.76. The second kappa shape index (κ2) is 4.73. The van der Waals surface area contributed by atoms with Crippen molar-refractivity contribution in [1.82, 2.24) is 4.72 Å². The van der Waals surface area contributed by atoms with E-state index in [-0.39, 0.29) is 10.8 Å². The standard InChI is InChI=1S/C8H11NO4S2/c1-6(8(10)11)5-9-15(12,13)7-3-2-4-14-7/h2-4,6,9H,5H2,1H3,(H,10,11). The lowest BCUT2D eigenvalue weighted by molar-refractivity contribution is -0.140. The Morgan fingerprint density at radius 3 is 2.80 bits per heavy atom. The molecule has 1 aromatic heterocycles. The van der Waals surface area contributed by atoms with Gasteiger partial charge in [0.05, 0.1) is 5.92 Å². The van der Waals surface area contributed by atoms with Crippen LogP contribution in [0.5, 0.6) is 0 Å². The predicted molar refractivity (Wildman–Crippen MR) is 56.3 cm³/mol. The van der Waals surface area contributed by atoms with Gasteiger partial charge in [-0.15, -0.1) is 11.3 Å². The fraction of sp³-hybridized carbons (Fsp3) is 0.375. The molecule has 0 spiro atoms. The normalized spacial score (nSPS) is 13.7. The molecular formula is C8H11NO4S2. The van der Waals surface area contributed by atoms with Crippen LogP contribution in [0.2, 0.25) is 0 Å². The van der Waals surface area contributed by atoms with Gasteiger partial charge in [0.1, 0.15) is 4.21 Å². The van der Waals surface area contributed by atoms with Crippen LogP contribution in [-0.4, -0.2) is 26.0 Å². The van der Waals surface area contributed by atoms with Gasteiger partial charge in [0, 0.05) is 6.54 Å². The van der Waals surface area contributed by atoms with Crippen LogP contribution in [0.15, 0.2) is 21.7 Å². The van der Waals surface area contributed by atoms with Gasteiger partial charge >= 0.3 is 5.97 Å². The van der Waals surface area contributed by atoms with Gasteiger partial charge in [0.25, 0.3) is 0 Å². The molecule has 15 heavy (non-hydrogen) atoms. The van der Waals surface area contributed by atoms with Crippen molar-refractivity contribution in [1.29, 1.82) is 0 Å². The van der Waals surface area contributed by atoms with Gasteiger partial charge in [0.2, 0.25) is 10.0 Å². The molecule has 84 valence electrons. The summed E-state index contributed by atoms with van der Waals surface area (Å²) in [7, 11) is -3.54. The second-order valence-corrected chi connectivity index (χ2v) is 5.96. The molecule has 0 aromatic carbocycles. The van der Waals surface area contributed by atoms with Crippen molar-refractivity contribution in [3.63, 3.8) is 0 Å². The fourth-order valence-corrected chi connectivity index (χ4v) is 2.98. The largest absolute Gasteiger partial charge is 0.481 e. The number of sulfonamides is 1. The van der Waals surface area contributed by atoms with Crippen LogP contribution >= 0.6 is 11.3 Å². The molecule has 1 unspecified atom stereocenters. The zero-order valence-corrected chi connectivity index (χ0v) is 9.64. The predicted octanol–water partition coefficient (Wildman–Crippen LogP) is 0.747. The molecule has 5 nitrogen and oxygen atoms in total. The minimum atomic E-state index is -3.54. The highest BCUT2D eigenvalue weighted by Crippen LogP contribution is 2.15. The minimum Gasteiger partial charge on any atom is -0.481 e. The van der Waals surface area contributed by atoms with Crippen LogP contribution in [-0.2, 0) is 14.8 Å². The maximum atomic E-state index is 11.5. The van der Waals surface area contributed by atoms with Crippen molar-refractivity contribution >= 4 is 27.3 Å². The van der Waals surface area contributed by atoms with E-state index in [1.807, 2.05) is 0 Å². The van der Waals surface area contributed by atoms with Gasteiger partial charge in [-0.2, -0.15) is 0 Å². The van der Waals surface area contributed by atoms with E-state index in [9.17, 15) is 13.2 Å². The van der Waals surface area contributed by atoms with E-state index < -0.39 is 21.9 Å². The first kappa shape index (κ1) is 12.2. The van der Waals surface area contributed by atoms with Gasteiger partial charge in [-0.1, -0.05) is 13.0 Å². The van der Waals surface area contributed by atoms with Crippen LogP contribution in [0.25, 0.3) is 0 Å². The maximum Gasteiger partial charge on any atom is 0.307 e. The Morgan fingerprint density at radius 1 is 1.67 bits per heavy atom. The molecule has 0 bridgehead atoms. The summed E-state index contributed by atoms with van der Waals surface area (Å²) in [4.78, 5) is 10.5. The first-order valence-corrected chi connectivity index (χ1v) is 6.56. The minimum absolute atomic E-state index is 0.102. The van der Waals surface area contributed by atoms with E-state index in [2.05, 4.69) is 4.72 Å². The Balaban J connectivity index is 2.63. The first-order valence-electron chi connectivity index (χ1n) is 4.19. The molecule has 1 rings (SSSR count). The van der Waals surface area contributed by atoms with E-state index in [0.717, 1.165) is 11.3 Å². The van der Waals surface area contributed by atoms with Gasteiger partial charge in [-0.05, 0) is 11.4 Å². The highest BCUT2D eigenvalue weighted by molar-refractivity contribution is 7.91. The second-order valence-electron chi connectivity index (χ2n) is 3.02. The average Bonchev–Trinajstić information content (AvgIpc) is 2.67. The Labute approximate surface area is 91.8 Å². The summed E-state index contributed by atoms with van der Waals surface area (Å²) in [5.41, 5.74) is 0. The summed E-state index contributed by atoms with van der Waals surface area (Å²) in [5, 5.41) is 10.2. The van der Waals surface area contributed by atoms with Crippen LogP contribution in [0, 0.1) is 5.92 Å². The van der Waals surface area contributed by atoms with Gasteiger partial charge in [-0.3, -0.25) is 4.79 Å². The van der Waals surface area contributed by atoms with Crippen LogP contribution < -0.4 is 4.72 Å². The van der Waals surface area contributed by atoms with Crippen molar-refractivity contribution in [2.45, 2.75) is 11.1 Å². The van der Waals surface area contributed by atoms with Gasteiger partial charge in [-0.25, -0.2) is 13.1 Å². The first-order chi connectivity index (χ1) is 6.93. The van der Waals surface area contributed by atoms with E-state index in [4.69, 9.17) is 5.11 Å². The molecule has 0 radical (unpaired) electrons. The number of hydrogen-bond acceptors (Lipinski definition) is 4. The lowest BCUT2D eigenvalue weighted by atomic mass is 10.2. The van der Waals surface area contributed by atoms with Gasteiger partial charge < -0.3 is 5.11 Å². The number of hydrogen-bond donors (Lipinski definition) is 2. The summed E-state index contributed by atoms with van der Waals surface area (Å²) in [6.07, 6.45) is 0. The fourth-order valence-electron chi connectivity index (χ4n) is 0.810. The smallest absolute Gasteiger partial charge is 0.307 e. The Kier molecular flexibility index (Phi) is 3.83. The zero-order valence-electron chi connectivity index (χ0n) is 8.00. The number of thiophene rings is 1. The number of aliphatic carboxylic acids is 1. The van der Waals surface area contributed by atoms with E-state index in [1.54, 1.807) is 11.4 Å². The third-order valence-electron chi connectivity index (χ3n) is 1.76. The van der Waals surface area contributed by atoms with Crippen LogP contribution in [0.1, 0.15) is 6.92 Å². The van der Waals surface area contributed by atoms with Crippen molar-refractivity contribution in [2.75, 3.05) is 6.54 Å². The van der Waals surface area contributed by atoms with Crippen molar-refractivity contribution in [2.24, 2.45) is 5.92 Å². The molecule has 7 heteroatoms. The van der Waals surface area contributed by atoms with Gasteiger partial charge in [0.15, 0.2) is 0 Å². The molecule has 0 amide bonds. The lowest BCUT2D eigenvalue weighted by Crippen LogP contribution is -2.31. The SMILES string of the molecule is CC(CNS(=O)(=O)c1cccs1)C(=O)O. The van der Waals surface area contributed by atoms with Crippen LogP contribution in [0.3, 0.4) is 0 Å². The monoisotopic (exact) mass is 249 g/mol.